The molecule has 0 unspecified atom stereocenters. The van der Waals surface area contributed by atoms with Crippen LogP contribution in [0.5, 0.6) is 0 Å². The number of pyridine rings is 1. The van der Waals surface area contributed by atoms with E-state index in [1.807, 2.05) is 72.8 Å². The molecule has 4 heteroatoms. The van der Waals surface area contributed by atoms with Crippen molar-refractivity contribution in [3.63, 3.8) is 0 Å². The number of carbonyl (C=O) groups is 1. The topological polar surface area (TPSA) is 54.4 Å². The smallest absolute Gasteiger partial charge is 0.267 e. The first-order chi connectivity index (χ1) is 14.6. The molecule has 148 valence electrons. The molecule has 0 aliphatic carbocycles. The van der Waals surface area contributed by atoms with Gasteiger partial charge in [-0.05, 0) is 29.2 Å². The van der Waals surface area contributed by atoms with E-state index < -0.39 is 0 Å². The summed E-state index contributed by atoms with van der Waals surface area (Å²) >= 11 is 0. The Balaban J connectivity index is 1.61. The highest BCUT2D eigenvalue weighted by Crippen LogP contribution is 2.24. The second-order valence-electron chi connectivity index (χ2n) is 7.46. The molecule has 4 aromatic rings. The summed E-state index contributed by atoms with van der Waals surface area (Å²) in [7, 11) is 0. The van der Waals surface area contributed by atoms with Crippen LogP contribution in [0.3, 0.4) is 0 Å². The van der Waals surface area contributed by atoms with Crippen LogP contribution in [0, 0.1) is 0 Å². The largest absolute Gasteiger partial charge is 0.272 e. The number of hydrogen-bond acceptors (Lipinski definition) is 3. The average molecular weight is 393 g/mol. The van der Waals surface area contributed by atoms with Crippen LogP contribution in [0.15, 0.2) is 90.0 Å². The normalized spacial score (nSPS) is 11.3. The van der Waals surface area contributed by atoms with Gasteiger partial charge in [0.1, 0.15) is 0 Å². The third kappa shape index (κ3) is 4.28. The fourth-order valence-electron chi connectivity index (χ4n) is 3.31. The summed E-state index contributed by atoms with van der Waals surface area (Å²) in [6.45, 7) is 4.32. The monoisotopic (exact) mass is 393 g/mol. The van der Waals surface area contributed by atoms with Crippen LogP contribution in [-0.2, 0) is 0 Å². The molecule has 0 bridgehead atoms. The van der Waals surface area contributed by atoms with E-state index >= 15 is 0 Å². The molecule has 0 saturated heterocycles. The number of nitrogens with one attached hydrogen (secondary N) is 1. The second-order valence-corrected chi connectivity index (χ2v) is 7.46. The molecule has 0 aliphatic heterocycles. The number of fused-ring (bicyclic) bond motifs is 1. The van der Waals surface area contributed by atoms with Crippen LogP contribution >= 0.6 is 0 Å². The van der Waals surface area contributed by atoms with Crippen molar-refractivity contribution in [3.8, 4) is 11.3 Å². The van der Waals surface area contributed by atoms with Gasteiger partial charge in [-0.15, -0.1) is 0 Å². The predicted molar refractivity (Wildman–Crippen MR) is 123 cm³/mol. The summed E-state index contributed by atoms with van der Waals surface area (Å²) in [6.07, 6.45) is 1.66. The van der Waals surface area contributed by atoms with Gasteiger partial charge < -0.3 is 0 Å². The molecule has 0 spiro atoms. The van der Waals surface area contributed by atoms with Crippen LogP contribution in [-0.4, -0.2) is 17.1 Å². The predicted octanol–water partition coefficient (Wildman–Crippen LogP) is 5.79. The first kappa shape index (κ1) is 19.5. The standard InChI is InChI=1S/C26H23N3O/c1-18(2)20-14-12-19(13-15-20)17-27-29-26(30)23-16-25(21-8-4-3-5-9-21)28-24-11-7-6-10-22(23)24/h3-18H,1-2H3,(H,29,30). The molecule has 1 amide bonds. The Morgan fingerprint density at radius 2 is 1.63 bits per heavy atom. The maximum absolute atomic E-state index is 12.9. The fourth-order valence-corrected chi connectivity index (χ4v) is 3.31. The van der Waals surface area contributed by atoms with Gasteiger partial charge in [-0.1, -0.05) is 86.6 Å². The van der Waals surface area contributed by atoms with Crippen molar-refractivity contribution in [1.29, 1.82) is 0 Å². The molecule has 0 atom stereocenters. The number of aromatic nitrogens is 1. The maximum atomic E-state index is 12.9. The minimum absolute atomic E-state index is 0.263. The summed E-state index contributed by atoms with van der Waals surface area (Å²) in [5.74, 6) is 0.218. The number of nitrogens with zero attached hydrogens (tertiary/aromatic N) is 2. The van der Waals surface area contributed by atoms with E-state index in [2.05, 4.69) is 36.5 Å². The molecule has 0 fully saturated rings. The van der Waals surface area contributed by atoms with Gasteiger partial charge in [0, 0.05) is 10.9 Å². The molecular weight excluding hydrogens is 370 g/mol. The Morgan fingerprint density at radius 3 is 2.37 bits per heavy atom. The lowest BCUT2D eigenvalue weighted by molar-refractivity contribution is 0.0956. The highest BCUT2D eigenvalue weighted by atomic mass is 16.2. The first-order valence-corrected chi connectivity index (χ1v) is 10.0. The molecule has 4 nitrogen and oxygen atoms in total. The van der Waals surface area contributed by atoms with Crippen molar-refractivity contribution in [2.45, 2.75) is 19.8 Å². The third-order valence-electron chi connectivity index (χ3n) is 5.01. The number of carbonyl (C=O) groups excluding carboxylic acids is 1. The molecule has 0 aliphatic rings. The van der Waals surface area contributed by atoms with Crippen molar-refractivity contribution in [2.75, 3.05) is 0 Å². The number of hydrogen-bond donors (Lipinski definition) is 1. The zero-order chi connectivity index (χ0) is 20.9. The van der Waals surface area contributed by atoms with E-state index in [-0.39, 0.29) is 5.91 Å². The summed E-state index contributed by atoms with van der Waals surface area (Å²) in [5.41, 5.74) is 7.91. The van der Waals surface area contributed by atoms with Crippen LogP contribution in [0.4, 0.5) is 0 Å². The van der Waals surface area contributed by atoms with Gasteiger partial charge in [0.15, 0.2) is 0 Å². The van der Waals surface area contributed by atoms with E-state index in [0.29, 0.717) is 11.5 Å². The quantitative estimate of drug-likeness (QED) is 0.345. The Hall–Kier alpha value is -3.79. The highest BCUT2D eigenvalue weighted by Gasteiger charge is 2.13. The van der Waals surface area contributed by atoms with Crippen molar-refractivity contribution in [1.82, 2.24) is 10.4 Å². The van der Waals surface area contributed by atoms with Crippen molar-refractivity contribution in [3.05, 3.63) is 102 Å². The molecular formula is C26H23N3O. The van der Waals surface area contributed by atoms with E-state index in [0.717, 1.165) is 27.7 Å². The number of benzene rings is 3. The Kier molecular flexibility index (Phi) is 5.66. The third-order valence-corrected chi connectivity index (χ3v) is 5.01. The SMILES string of the molecule is CC(C)c1ccc(C=NNC(=O)c2cc(-c3ccccc3)nc3ccccc23)cc1. The minimum atomic E-state index is -0.263. The minimum Gasteiger partial charge on any atom is -0.267 e. The van der Waals surface area contributed by atoms with Crippen molar-refractivity contribution in [2.24, 2.45) is 5.10 Å². The molecule has 1 aromatic heterocycles. The van der Waals surface area contributed by atoms with Crippen molar-refractivity contribution >= 4 is 23.0 Å². The highest BCUT2D eigenvalue weighted by molar-refractivity contribution is 6.07. The average Bonchev–Trinajstić information content (AvgIpc) is 2.79. The Bertz CT molecular complexity index is 1200. The molecule has 1 heterocycles. The van der Waals surface area contributed by atoms with Gasteiger partial charge in [0.05, 0.1) is 23.0 Å². The number of hydrazone groups is 1. The number of rotatable bonds is 5. The zero-order valence-corrected chi connectivity index (χ0v) is 17.0. The maximum Gasteiger partial charge on any atom is 0.272 e. The van der Waals surface area contributed by atoms with Crippen LogP contribution in [0.25, 0.3) is 22.2 Å². The molecule has 0 saturated carbocycles. The molecule has 30 heavy (non-hydrogen) atoms. The van der Waals surface area contributed by atoms with E-state index in [4.69, 9.17) is 4.98 Å². The lowest BCUT2D eigenvalue weighted by atomic mass is 10.0. The van der Waals surface area contributed by atoms with Gasteiger partial charge in [-0.3, -0.25) is 4.79 Å². The van der Waals surface area contributed by atoms with E-state index in [1.165, 1.54) is 5.56 Å². The van der Waals surface area contributed by atoms with Crippen LogP contribution in [0.1, 0.15) is 41.3 Å². The number of para-hydroxylation sites is 1. The second kappa shape index (κ2) is 8.70. The van der Waals surface area contributed by atoms with Gasteiger partial charge in [0.25, 0.3) is 5.91 Å². The van der Waals surface area contributed by atoms with Gasteiger partial charge >= 0.3 is 0 Å². The summed E-state index contributed by atoms with van der Waals surface area (Å²) < 4.78 is 0. The lowest BCUT2D eigenvalue weighted by Crippen LogP contribution is -2.18. The van der Waals surface area contributed by atoms with Crippen molar-refractivity contribution < 1.29 is 4.79 Å². The van der Waals surface area contributed by atoms with Gasteiger partial charge in [0.2, 0.25) is 0 Å². The van der Waals surface area contributed by atoms with Gasteiger partial charge in [-0.25, -0.2) is 10.4 Å². The van der Waals surface area contributed by atoms with Crippen LogP contribution in [0.2, 0.25) is 0 Å². The molecule has 1 N–H and O–H groups in total. The van der Waals surface area contributed by atoms with Gasteiger partial charge in [-0.2, -0.15) is 5.10 Å². The zero-order valence-electron chi connectivity index (χ0n) is 17.0. The van der Waals surface area contributed by atoms with Crippen LogP contribution < -0.4 is 5.43 Å². The summed E-state index contributed by atoms with van der Waals surface area (Å²) in [4.78, 5) is 17.6. The lowest BCUT2D eigenvalue weighted by Gasteiger charge is -2.09. The summed E-state index contributed by atoms with van der Waals surface area (Å²) in [6, 6.07) is 27.5. The number of amides is 1. The fraction of sp³-hybridized carbons (Fsp3) is 0.115. The summed E-state index contributed by atoms with van der Waals surface area (Å²) in [5, 5.41) is 4.95. The molecule has 0 radical (unpaired) electrons. The first-order valence-electron chi connectivity index (χ1n) is 10.0. The molecule has 4 rings (SSSR count). The van der Waals surface area contributed by atoms with E-state index in [9.17, 15) is 4.79 Å². The molecule has 3 aromatic carbocycles. The Labute approximate surface area is 176 Å². The van der Waals surface area contributed by atoms with E-state index in [1.54, 1.807) is 6.21 Å². The Morgan fingerprint density at radius 1 is 0.933 bits per heavy atom.